The molecule has 448 valence electrons. The van der Waals surface area contributed by atoms with E-state index in [1.807, 2.05) is 0 Å². The van der Waals surface area contributed by atoms with Crippen molar-refractivity contribution in [2.24, 2.45) is 0 Å². The molecule has 0 heterocycles. The highest BCUT2D eigenvalue weighted by Gasteiger charge is 2.19. The first-order valence-electron chi connectivity index (χ1n) is 31.1. The lowest BCUT2D eigenvalue weighted by Gasteiger charge is -2.29. The van der Waals surface area contributed by atoms with Crippen LogP contribution in [-0.4, -0.2) is 120 Å². The SMILES string of the molecule is CCCCCCCCCCCC(=O)OCC[N+](C)(C)CCOC(=O)CCCCCCCCCCC.CCCCCCCCCCCC(=O)OCC[N+](C)(C)CCOC(=O)CCCCCCCCCCC.CP(=O)([O-])[O-]. The molecule has 0 fully saturated rings. The lowest BCUT2D eigenvalue weighted by molar-refractivity contribution is -0.890. The van der Waals surface area contributed by atoms with Crippen molar-refractivity contribution in [1.29, 1.82) is 0 Å². The lowest BCUT2D eigenvalue weighted by Crippen LogP contribution is -2.45. The fourth-order valence-corrected chi connectivity index (χ4v) is 8.46. The molecule has 0 saturated heterocycles. The fourth-order valence-electron chi connectivity index (χ4n) is 8.46. The molecular weight excluding hydrogens is 968 g/mol. The summed E-state index contributed by atoms with van der Waals surface area (Å²) in [6, 6.07) is 0. The zero-order valence-corrected chi connectivity index (χ0v) is 51.7. The standard InChI is InChI=1S/2C30H60NO4.CH5O3P/c2*1-5-7-9-11-13-15-17-19-21-23-29(32)34-27-25-31(3,4)26-28-35-30(33)24-22-20-18-16-14-12-10-8-6-2;1-5(2,3)4/h2*5-28H2,1-4H3;1H3,(H2,2,3,4)/q2*+1;/p-2. The van der Waals surface area contributed by atoms with Gasteiger partial charge in [0.15, 0.2) is 0 Å². The number of quaternary nitrogens is 2. The molecule has 0 aromatic heterocycles. The van der Waals surface area contributed by atoms with Crippen molar-refractivity contribution in [3.63, 3.8) is 0 Å². The smallest absolute Gasteiger partial charge is 0.305 e. The zero-order valence-electron chi connectivity index (χ0n) is 50.8. The van der Waals surface area contributed by atoms with E-state index >= 15 is 0 Å². The Labute approximate surface area is 463 Å². The van der Waals surface area contributed by atoms with E-state index in [2.05, 4.69) is 55.9 Å². The number of nitrogens with zero attached hydrogens (tertiary/aromatic N) is 2. The van der Waals surface area contributed by atoms with Gasteiger partial charge in [0.05, 0.1) is 28.2 Å². The number of hydrogen-bond donors (Lipinski definition) is 0. The van der Waals surface area contributed by atoms with Crippen molar-refractivity contribution >= 4 is 31.5 Å². The summed E-state index contributed by atoms with van der Waals surface area (Å²) in [5.41, 5.74) is 0. The van der Waals surface area contributed by atoms with E-state index in [0.717, 1.165) is 77.5 Å². The minimum absolute atomic E-state index is 0.0830. The molecule has 0 spiro atoms. The highest BCUT2D eigenvalue weighted by atomic mass is 31.2. The number of carbonyl (C=O) groups is 4. The van der Waals surface area contributed by atoms with Gasteiger partial charge in [-0.05, 0) is 32.3 Å². The average molecular weight is 1090 g/mol. The first kappa shape index (κ1) is 77.2. The summed E-state index contributed by atoms with van der Waals surface area (Å²) < 4.78 is 32.2. The van der Waals surface area contributed by atoms with Gasteiger partial charge in [0.1, 0.15) is 52.6 Å². The molecule has 13 nitrogen and oxygen atoms in total. The van der Waals surface area contributed by atoms with Gasteiger partial charge >= 0.3 is 23.9 Å². The molecule has 14 heteroatoms. The fraction of sp³-hybridized carbons (Fsp3) is 0.934. The Morgan fingerprint density at radius 1 is 0.307 bits per heavy atom. The molecule has 0 unspecified atom stereocenters. The summed E-state index contributed by atoms with van der Waals surface area (Å²) in [7, 11) is 4.21. The summed E-state index contributed by atoms with van der Waals surface area (Å²) in [5, 5.41) is 0. The number of ether oxygens (including phenoxy) is 4. The van der Waals surface area contributed by atoms with Crippen LogP contribution in [-0.2, 0) is 42.7 Å². The largest absolute Gasteiger partial charge is 0.811 e. The van der Waals surface area contributed by atoms with Crippen molar-refractivity contribution in [3.05, 3.63) is 0 Å². The van der Waals surface area contributed by atoms with E-state index < -0.39 is 7.60 Å². The maximum absolute atomic E-state index is 12.0. The molecule has 0 atom stereocenters. The molecule has 0 aliphatic heterocycles. The van der Waals surface area contributed by atoms with Crippen molar-refractivity contribution in [2.75, 3.05) is 87.5 Å². The first-order chi connectivity index (χ1) is 35.8. The van der Waals surface area contributed by atoms with E-state index in [4.69, 9.17) is 33.3 Å². The van der Waals surface area contributed by atoms with Gasteiger partial charge < -0.3 is 42.3 Å². The lowest BCUT2D eigenvalue weighted by atomic mass is 10.1. The highest BCUT2D eigenvalue weighted by molar-refractivity contribution is 7.47. The zero-order chi connectivity index (χ0) is 56.6. The van der Waals surface area contributed by atoms with Crippen LogP contribution in [0, 0.1) is 0 Å². The normalized spacial score (nSPS) is 11.6. The Bertz CT molecular complexity index is 1150. The number of rotatable bonds is 52. The Morgan fingerprint density at radius 3 is 0.587 bits per heavy atom. The molecule has 0 saturated carbocycles. The van der Waals surface area contributed by atoms with Crippen LogP contribution in [0.15, 0.2) is 0 Å². The second-order valence-corrected chi connectivity index (χ2v) is 24.3. The quantitative estimate of drug-likeness (QED) is 0.0187. The van der Waals surface area contributed by atoms with Crippen LogP contribution < -0.4 is 9.79 Å². The van der Waals surface area contributed by atoms with Gasteiger partial charge in [-0.1, -0.05) is 241 Å². The number of unbranched alkanes of at least 4 members (excludes halogenated alkanes) is 32. The molecule has 0 aliphatic rings. The van der Waals surface area contributed by atoms with Crippen molar-refractivity contribution in [3.8, 4) is 0 Å². The number of carbonyl (C=O) groups excluding carboxylic acids is 4. The summed E-state index contributed by atoms with van der Waals surface area (Å²) in [6.45, 7) is 14.3. The van der Waals surface area contributed by atoms with Gasteiger partial charge in [-0.25, -0.2) is 0 Å². The Morgan fingerprint density at radius 2 is 0.440 bits per heavy atom. The molecule has 75 heavy (non-hydrogen) atoms. The van der Waals surface area contributed by atoms with Crippen LogP contribution >= 0.6 is 7.60 Å². The van der Waals surface area contributed by atoms with E-state index in [0.29, 0.717) is 67.7 Å². The second-order valence-electron chi connectivity index (χ2n) is 22.7. The van der Waals surface area contributed by atoms with Crippen LogP contribution in [0.2, 0.25) is 0 Å². The number of likely N-dealkylation sites (N-methyl/N-ethyl adjacent to an activating group) is 2. The minimum atomic E-state index is -4.14. The van der Waals surface area contributed by atoms with Crippen molar-refractivity contribution in [1.82, 2.24) is 0 Å². The predicted octanol–water partition coefficient (Wildman–Crippen LogP) is 14.5. The van der Waals surface area contributed by atoms with Gasteiger partial charge in [0, 0.05) is 25.7 Å². The van der Waals surface area contributed by atoms with E-state index in [1.165, 1.54) is 180 Å². The van der Waals surface area contributed by atoms with E-state index in [-0.39, 0.29) is 23.9 Å². The summed E-state index contributed by atoms with van der Waals surface area (Å²) in [5.74, 6) is -0.332. The second kappa shape index (κ2) is 56.7. The molecule has 0 aromatic rings. The van der Waals surface area contributed by atoms with Gasteiger partial charge in [-0.15, -0.1) is 0 Å². The molecule has 0 N–H and O–H groups in total. The molecule has 0 bridgehead atoms. The van der Waals surface area contributed by atoms with Gasteiger partial charge in [-0.3, -0.25) is 19.2 Å². The Hall–Kier alpha value is -2.05. The van der Waals surface area contributed by atoms with Crippen LogP contribution in [0.25, 0.3) is 0 Å². The summed E-state index contributed by atoms with van der Waals surface area (Å²) in [6.07, 6.45) is 47.1. The predicted molar refractivity (Wildman–Crippen MR) is 308 cm³/mol. The Balaban J connectivity index is -0.00000127. The summed E-state index contributed by atoms with van der Waals surface area (Å²) in [4.78, 5) is 66.1. The van der Waals surface area contributed by atoms with Gasteiger partial charge in [-0.2, -0.15) is 0 Å². The summed E-state index contributed by atoms with van der Waals surface area (Å²) >= 11 is 0. The van der Waals surface area contributed by atoms with Crippen LogP contribution in [0.5, 0.6) is 0 Å². The van der Waals surface area contributed by atoms with Crippen LogP contribution in [0.4, 0.5) is 0 Å². The number of esters is 4. The molecule has 0 amide bonds. The van der Waals surface area contributed by atoms with Gasteiger partial charge in [0.2, 0.25) is 0 Å². The third-order valence-electron chi connectivity index (χ3n) is 13.8. The maximum Gasteiger partial charge on any atom is 0.305 e. The molecule has 0 aliphatic carbocycles. The first-order valence-corrected chi connectivity index (χ1v) is 33.1. The third-order valence-corrected chi connectivity index (χ3v) is 13.8. The molecule has 0 aromatic carbocycles. The number of hydrogen-bond acceptors (Lipinski definition) is 11. The van der Waals surface area contributed by atoms with Crippen molar-refractivity contribution < 1.29 is 61.4 Å². The van der Waals surface area contributed by atoms with Gasteiger partial charge in [0.25, 0.3) is 0 Å². The molecule has 0 rings (SSSR count). The topological polar surface area (TPSA) is 168 Å². The van der Waals surface area contributed by atoms with E-state index in [1.54, 1.807) is 0 Å². The molecule has 0 radical (unpaired) electrons. The average Bonchev–Trinajstić information content (AvgIpc) is 3.33. The van der Waals surface area contributed by atoms with Crippen LogP contribution in [0.3, 0.4) is 0 Å². The monoisotopic (exact) mass is 1090 g/mol. The van der Waals surface area contributed by atoms with Crippen LogP contribution in [0.1, 0.15) is 285 Å². The van der Waals surface area contributed by atoms with Crippen molar-refractivity contribution in [2.45, 2.75) is 285 Å². The third kappa shape index (κ3) is 71.9. The Kier molecular flexibility index (Phi) is 58.3. The maximum atomic E-state index is 12.0. The molecular formula is C61H123N2O11P. The van der Waals surface area contributed by atoms with E-state index in [9.17, 15) is 19.2 Å². The minimum Gasteiger partial charge on any atom is -0.811 e. The highest BCUT2D eigenvalue weighted by Crippen LogP contribution is 2.15.